The van der Waals surface area contributed by atoms with Crippen molar-refractivity contribution in [3.63, 3.8) is 0 Å². The van der Waals surface area contributed by atoms with Gasteiger partial charge in [-0.3, -0.25) is 9.79 Å². The number of aliphatic imine (C=N–C) groups is 1. The summed E-state index contributed by atoms with van der Waals surface area (Å²) in [5, 5.41) is 10.9. The summed E-state index contributed by atoms with van der Waals surface area (Å²) in [5.74, 6) is 1.58. The molecule has 170 valence electrons. The number of nitrogens with zero attached hydrogens (tertiary/aromatic N) is 4. The fraction of sp³-hybridized carbons (Fsp3) is 0.522. The van der Waals surface area contributed by atoms with Crippen LogP contribution in [-0.4, -0.2) is 60.3 Å². The highest BCUT2D eigenvalue weighted by Gasteiger charge is 2.22. The number of halogens is 1. The quantitative estimate of drug-likeness (QED) is 0.246. The van der Waals surface area contributed by atoms with Gasteiger partial charge in [0.15, 0.2) is 5.96 Å². The third kappa shape index (κ3) is 7.22. The van der Waals surface area contributed by atoms with Crippen LogP contribution >= 0.6 is 24.0 Å². The van der Waals surface area contributed by atoms with E-state index >= 15 is 0 Å². The number of carbonyl (C=O) groups excluding carboxylic acids is 1. The summed E-state index contributed by atoms with van der Waals surface area (Å²) in [7, 11) is 3.55. The van der Waals surface area contributed by atoms with Crippen LogP contribution in [0.1, 0.15) is 36.9 Å². The van der Waals surface area contributed by atoms with Crippen molar-refractivity contribution in [3.8, 4) is 5.69 Å². The van der Waals surface area contributed by atoms with Crippen LogP contribution in [0, 0.1) is 12.8 Å². The molecule has 1 amide bonds. The molecule has 1 aromatic heterocycles. The monoisotopic (exact) mass is 538 g/mol. The van der Waals surface area contributed by atoms with Crippen LogP contribution in [0.25, 0.3) is 5.69 Å². The number of benzene rings is 1. The van der Waals surface area contributed by atoms with Crippen molar-refractivity contribution in [2.75, 3.05) is 33.7 Å². The van der Waals surface area contributed by atoms with Crippen LogP contribution in [0.2, 0.25) is 0 Å². The van der Waals surface area contributed by atoms with E-state index in [9.17, 15) is 4.79 Å². The van der Waals surface area contributed by atoms with E-state index < -0.39 is 0 Å². The van der Waals surface area contributed by atoms with Crippen molar-refractivity contribution < 1.29 is 4.79 Å². The predicted molar refractivity (Wildman–Crippen MR) is 136 cm³/mol. The molecule has 1 saturated heterocycles. The number of piperidine rings is 1. The number of aromatic nitrogens is 2. The van der Waals surface area contributed by atoms with Crippen LogP contribution in [0.4, 0.5) is 0 Å². The maximum atomic E-state index is 11.6. The maximum absolute atomic E-state index is 11.6. The molecule has 2 N–H and O–H groups in total. The second kappa shape index (κ2) is 12.7. The summed E-state index contributed by atoms with van der Waals surface area (Å²) in [6, 6.07) is 10.2. The van der Waals surface area contributed by atoms with Gasteiger partial charge in [0.2, 0.25) is 5.91 Å². The van der Waals surface area contributed by atoms with Crippen LogP contribution in [0.3, 0.4) is 0 Å². The molecule has 0 spiro atoms. The predicted octanol–water partition coefficient (Wildman–Crippen LogP) is 3.15. The topological polar surface area (TPSA) is 74.5 Å². The van der Waals surface area contributed by atoms with Crippen LogP contribution in [-0.2, 0) is 11.2 Å². The van der Waals surface area contributed by atoms with Gasteiger partial charge in [-0.1, -0.05) is 18.2 Å². The molecule has 0 bridgehead atoms. The number of likely N-dealkylation sites (tertiary alicyclic amines) is 1. The average molecular weight is 538 g/mol. The highest BCUT2D eigenvalue weighted by molar-refractivity contribution is 14.0. The lowest BCUT2D eigenvalue weighted by atomic mass is 9.93. The summed E-state index contributed by atoms with van der Waals surface area (Å²) in [6.07, 6.45) is 6.84. The lowest BCUT2D eigenvalue weighted by Gasteiger charge is -2.34. The van der Waals surface area contributed by atoms with Gasteiger partial charge in [-0.15, -0.1) is 24.0 Å². The third-order valence-corrected chi connectivity index (χ3v) is 5.81. The Hall–Kier alpha value is -2.10. The zero-order valence-electron chi connectivity index (χ0n) is 18.8. The van der Waals surface area contributed by atoms with E-state index in [0.29, 0.717) is 12.3 Å². The molecule has 1 aliphatic heterocycles. The van der Waals surface area contributed by atoms with Crippen LogP contribution in [0.5, 0.6) is 0 Å². The molecular formula is C23H35IN6O. The first-order valence-corrected chi connectivity index (χ1v) is 10.9. The van der Waals surface area contributed by atoms with Gasteiger partial charge in [0.1, 0.15) is 0 Å². The highest BCUT2D eigenvalue weighted by atomic mass is 127. The molecule has 1 aromatic carbocycles. The Morgan fingerprint density at radius 1 is 1.23 bits per heavy atom. The molecule has 0 radical (unpaired) electrons. The van der Waals surface area contributed by atoms with Crippen molar-refractivity contribution in [1.29, 1.82) is 0 Å². The van der Waals surface area contributed by atoms with Crippen molar-refractivity contribution in [2.24, 2.45) is 10.9 Å². The molecule has 2 heterocycles. The lowest BCUT2D eigenvalue weighted by molar-refractivity contribution is -0.121. The summed E-state index contributed by atoms with van der Waals surface area (Å²) in [4.78, 5) is 18.3. The van der Waals surface area contributed by atoms with Gasteiger partial charge in [-0.05, 0) is 56.2 Å². The summed E-state index contributed by atoms with van der Waals surface area (Å²) < 4.78 is 1.96. The number of carbonyl (C=O) groups is 1. The second-order valence-electron chi connectivity index (χ2n) is 7.91. The molecule has 7 nitrogen and oxygen atoms in total. The van der Waals surface area contributed by atoms with Crippen LogP contribution in [0.15, 0.2) is 41.5 Å². The standard InChI is InChI=1S/C23H34N6O.HI/c1-18-20(17-29(27-18)21-9-5-4-6-10-21)8-7-13-26-23(25-3)28-14-11-19(12-15-28)16-22(30)24-2;/h4-6,9-10,17,19H,7-8,11-16H2,1-3H3,(H,24,30)(H,25,26);1H. The number of amides is 1. The van der Waals surface area contributed by atoms with Gasteiger partial charge in [0.25, 0.3) is 0 Å². The number of hydrogen-bond donors (Lipinski definition) is 2. The van der Waals surface area contributed by atoms with Gasteiger partial charge in [0, 0.05) is 46.3 Å². The number of rotatable bonds is 7. The molecular weight excluding hydrogens is 503 g/mol. The molecule has 0 atom stereocenters. The molecule has 2 aromatic rings. The van der Waals surface area contributed by atoms with E-state index in [0.717, 1.165) is 62.7 Å². The number of para-hydroxylation sites is 1. The molecule has 31 heavy (non-hydrogen) atoms. The first kappa shape index (κ1) is 25.2. The Kier molecular flexibility index (Phi) is 10.3. The molecule has 1 aliphatic rings. The number of guanidine groups is 1. The van der Waals surface area contributed by atoms with Gasteiger partial charge >= 0.3 is 0 Å². The highest BCUT2D eigenvalue weighted by Crippen LogP contribution is 2.20. The zero-order valence-corrected chi connectivity index (χ0v) is 21.1. The SMILES string of the molecule is CN=C(NCCCc1cn(-c2ccccc2)nc1C)N1CCC(CC(=O)NC)CC1.I. The van der Waals surface area contributed by atoms with Gasteiger partial charge in [0.05, 0.1) is 11.4 Å². The van der Waals surface area contributed by atoms with E-state index in [-0.39, 0.29) is 29.9 Å². The minimum atomic E-state index is 0. The van der Waals surface area contributed by atoms with E-state index in [1.54, 1.807) is 7.05 Å². The van der Waals surface area contributed by atoms with E-state index in [1.165, 1.54) is 5.56 Å². The lowest BCUT2D eigenvalue weighted by Crippen LogP contribution is -2.46. The summed E-state index contributed by atoms with van der Waals surface area (Å²) in [6.45, 7) is 4.85. The largest absolute Gasteiger partial charge is 0.359 e. The Labute approximate surface area is 202 Å². The summed E-state index contributed by atoms with van der Waals surface area (Å²) >= 11 is 0. The Morgan fingerprint density at radius 3 is 2.58 bits per heavy atom. The minimum Gasteiger partial charge on any atom is -0.359 e. The van der Waals surface area contributed by atoms with Crippen molar-refractivity contribution in [3.05, 3.63) is 47.8 Å². The Bertz CT molecular complexity index is 843. The molecule has 3 rings (SSSR count). The van der Waals surface area contributed by atoms with Gasteiger partial charge < -0.3 is 15.5 Å². The fourth-order valence-corrected chi connectivity index (χ4v) is 3.98. The van der Waals surface area contributed by atoms with Gasteiger partial charge in [-0.25, -0.2) is 4.68 Å². The Balaban J connectivity index is 0.00000341. The number of nitrogens with one attached hydrogen (secondary N) is 2. The van der Waals surface area contributed by atoms with Crippen LogP contribution < -0.4 is 10.6 Å². The van der Waals surface area contributed by atoms with Crippen molar-refractivity contribution >= 4 is 35.8 Å². The number of hydrogen-bond acceptors (Lipinski definition) is 3. The third-order valence-electron chi connectivity index (χ3n) is 5.81. The normalized spacial score (nSPS) is 14.8. The molecule has 8 heteroatoms. The first-order valence-electron chi connectivity index (χ1n) is 10.9. The Morgan fingerprint density at radius 2 is 1.94 bits per heavy atom. The first-order chi connectivity index (χ1) is 14.6. The van der Waals surface area contributed by atoms with E-state index in [2.05, 4.69) is 50.9 Å². The van der Waals surface area contributed by atoms with Crippen molar-refractivity contribution in [1.82, 2.24) is 25.3 Å². The maximum Gasteiger partial charge on any atom is 0.220 e. The zero-order chi connectivity index (χ0) is 21.3. The van der Waals surface area contributed by atoms with Gasteiger partial charge in [-0.2, -0.15) is 5.10 Å². The smallest absolute Gasteiger partial charge is 0.220 e. The molecule has 0 saturated carbocycles. The van der Waals surface area contributed by atoms with Crippen molar-refractivity contribution in [2.45, 2.75) is 39.0 Å². The second-order valence-corrected chi connectivity index (χ2v) is 7.91. The van der Waals surface area contributed by atoms with E-state index in [4.69, 9.17) is 0 Å². The molecule has 0 unspecified atom stereocenters. The fourth-order valence-electron chi connectivity index (χ4n) is 3.98. The molecule has 1 fully saturated rings. The van der Waals surface area contributed by atoms with E-state index in [1.807, 2.05) is 29.9 Å². The average Bonchev–Trinajstić information content (AvgIpc) is 3.15. The minimum absolute atomic E-state index is 0. The number of aryl methyl sites for hydroxylation is 2. The molecule has 0 aliphatic carbocycles. The summed E-state index contributed by atoms with van der Waals surface area (Å²) in [5.41, 5.74) is 3.46.